The van der Waals surface area contributed by atoms with Gasteiger partial charge in [0.05, 0.1) is 12.1 Å². The molecule has 72 valence electrons. The minimum Gasteiger partial charge on any atom is -0.496 e. The predicted octanol–water partition coefficient (Wildman–Crippen LogP) is 1.64. The van der Waals surface area contributed by atoms with Gasteiger partial charge in [-0.2, -0.15) is 5.26 Å². The van der Waals surface area contributed by atoms with Crippen molar-refractivity contribution in [3.8, 4) is 11.9 Å². The fraction of sp³-hybridized carbons (Fsp3) is 0.200. The molecule has 0 saturated heterocycles. The molecular weight excluding hydrogens is 196 g/mol. The number of hydrogen-bond acceptors (Lipinski definition) is 3. The number of nitriles is 1. The third-order valence-corrected chi connectivity index (χ3v) is 1.99. The Kier molecular flexibility index (Phi) is 3.89. The van der Waals surface area contributed by atoms with E-state index < -0.39 is 0 Å². The number of rotatable bonds is 3. The summed E-state index contributed by atoms with van der Waals surface area (Å²) in [6.07, 6.45) is 2.31. The van der Waals surface area contributed by atoms with E-state index in [1.807, 2.05) is 24.3 Å². The average Bonchev–Trinajstić information content (AvgIpc) is 2.19. The van der Waals surface area contributed by atoms with Crippen molar-refractivity contribution in [2.45, 2.75) is 6.42 Å². The van der Waals surface area contributed by atoms with Gasteiger partial charge in [-0.05, 0) is 6.07 Å². The zero-order valence-corrected chi connectivity index (χ0v) is 8.60. The van der Waals surface area contributed by atoms with E-state index in [-0.39, 0.29) is 0 Å². The van der Waals surface area contributed by atoms with Gasteiger partial charge in [0.2, 0.25) is 0 Å². The molecule has 0 aliphatic rings. The Labute approximate surface area is 88.3 Å². The molecule has 1 rings (SSSR count). The van der Waals surface area contributed by atoms with Crippen LogP contribution in [0.5, 0.6) is 5.75 Å². The topological polar surface area (TPSA) is 45.0 Å². The number of ether oxygens (including phenoxy) is 1. The van der Waals surface area contributed by atoms with E-state index in [2.05, 4.69) is 5.32 Å². The molecule has 4 heteroatoms. The maximum absolute atomic E-state index is 8.36. The maximum Gasteiger partial charge on any atom is 0.181 e. The van der Waals surface area contributed by atoms with Crippen LogP contribution in [0.15, 0.2) is 24.3 Å². The minimum atomic E-state index is 0.497. The van der Waals surface area contributed by atoms with Gasteiger partial charge in [0.25, 0.3) is 0 Å². The van der Waals surface area contributed by atoms with Gasteiger partial charge >= 0.3 is 0 Å². The number of benzene rings is 1. The largest absolute Gasteiger partial charge is 0.496 e. The first-order valence-electron chi connectivity index (χ1n) is 4.07. The van der Waals surface area contributed by atoms with E-state index in [1.54, 1.807) is 13.3 Å². The molecule has 0 unspecified atom stereocenters. The average molecular weight is 206 g/mol. The molecule has 0 amide bonds. The first-order chi connectivity index (χ1) is 6.77. The first kappa shape index (κ1) is 10.5. The lowest BCUT2D eigenvalue weighted by Gasteiger charge is -2.07. The van der Waals surface area contributed by atoms with Crippen LogP contribution in [0.25, 0.3) is 0 Å². The zero-order valence-electron chi connectivity index (χ0n) is 7.78. The van der Waals surface area contributed by atoms with Gasteiger partial charge in [-0.1, -0.05) is 30.4 Å². The number of hydrogen-bond donors (Lipinski definition) is 1. The van der Waals surface area contributed by atoms with E-state index in [0.29, 0.717) is 11.4 Å². The molecular formula is C10H10N2OS. The molecule has 3 nitrogen and oxygen atoms in total. The quantitative estimate of drug-likeness (QED) is 0.464. The molecule has 1 aromatic rings. The van der Waals surface area contributed by atoms with Crippen molar-refractivity contribution in [2.24, 2.45) is 0 Å². The lowest BCUT2D eigenvalue weighted by atomic mass is 10.1. The zero-order chi connectivity index (χ0) is 10.4. The summed E-state index contributed by atoms with van der Waals surface area (Å²) < 4.78 is 5.15. The summed E-state index contributed by atoms with van der Waals surface area (Å²) in [6.45, 7) is 0. The highest BCUT2D eigenvalue weighted by Gasteiger charge is 2.03. The van der Waals surface area contributed by atoms with Crippen LogP contribution in [0.3, 0.4) is 0 Å². The fourth-order valence-corrected chi connectivity index (χ4v) is 1.33. The Morgan fingerprint density at radius 3 is 2.93 bits per heavy atom. The van der Waals surface area contributed by atoms with Crippen LogP contribution in [0, 0.1) is 11.5 Å². The van der Waals surface area contributed by atoms with E-state index in [4.69, 9.17) is 22.2 Å². The highest BCUT2D eigenvalue weighted by Crippen LogP contribution is 2.17. The normalized spacial score (nSPS) is 8.86. The van der Waals surface area contributed by atoms with Crippen molar-refractivity contribution < 1.29 is 4.74 Å². The van der Waals surface area contributed by atoms with Crippen molar-refractivity contribution in [3.05, 3.63) is 29.8 Å². The lowest BCUT2D eigenvalue weighted by Crippen LogP contribution is -2.17. The molecule has 0 heterocycles. The number of nitrogens with zero attached hydrogens (tertiary/aromatic N) is 1. The summed E-state index contributed by atoms with van der Waals surface area (Å²) in [5, 5.41) is 10.8. The second kappa shape index (κ2) is 5.20. The van der Waals surface area contributed by atoms with E-state index in [1.165, 1.54) is 0 Å². The second-order valence-electron chi connectivity index (χ2n) is 2.65. The summed E-state index contributed by atoms with van der Waals surface area (Å²) in [7, 11) is 1.61. The number of thiocarbonyl (C=S) groups is 1. The van der Waals surface area contributed by atoms with Crippen LogP contribution in [0.2, 0.25) is 0 Å². The molecule has 0 aliphatic heterocycles. The molecule has 14 heavy (non-hydrogen) atoms. The van der Waals surface area contributed by atoms with Crippen molar-refractivity contribution in [1.29, 1.82) is 5.26 Å². The SMILES string of the molecule is COc1ccccc1CC(=S)NC#N. The van der Waals surface area contributed by atoms with Gasteiger partial charge in [0.15, 0.2) is 6.19 Å². The van der Waals surface area contributed by atoms with Crippen LogP contribution in [-0.2, 0) is 6.42 Å². The van der Waals surface area contributed by atoms with Crippen molar-refractivity contribution in [2.75, 3.05) is 7.11 Å². The molecule has 0 aromatic heterocycles. The number of nitrogens with one attached hydrogen (secondary N) is 1. The van der Waals surface area contributed by atoms with Crippen molar-refractivity contribution in [3.63, 3.8) is 0 Å². The Bertz CT molecular complexity index is 371. The Balaban J connectivity index is 2.76. The summed E-state index contributed by atoms with van der Waals surface area (Å²) in [4.78, 5) is 0.497. The first-order valence-corrected chi connectivity index (χ1v) is 4.48. The van der Waals surface area contributed by atoms with Crippen LogP contribution >= 0.6 is 12.2 Å². The molecule has 1 aromatic carbocycles. The molecule has 0 radical (unpaired) electrons. The lowest BCUT2D eigenvalue weighted by molar-refractivity contribution is 0.411. The number of para-hydroxylation sites is 1. The molecule has 0 aliphatic carbocycles. The molecule has 1 N–H and O–H groups in total. The Morgan fingerprint density at radius 2 is 2.29 bits per heavy atom. The van der Waals surface area contributed by atoms with Crippen LogP contribution < -0.4 is 10.1 Å². The third-order valence-electron chi connectivity index (χ3n) is 1.74. The monoisotopic (exact) mass is 206 g/mol. The van der Waals surface area contributed by atoms with Crippen LogP contribution in [-0.4, -0.2) is 12.1 Å². The van der Waals surface area contributed by atoms with E-state index in [9.17, 15) is 0 Å². The van der Waals surface area contributed by atoms with Crippen molar-refractivity contribution in [1.82, 2.24) is 5.32 Å². The summed E-state index contributed by atoms with van der Waals surface area (Å²) in [5.41, 5.74) is 0.975. The van der Waals surface area contributed by atoms with Gasteiger partial charge in [0.1, 0.15) is 5.75 Å². The molecule has 0 atom stereocenters. The summed E-state index contributed by atoms with van der Waals surface area (Å²) >= 11 is 4.95. The highest BCUT2D eigenvalue weighted by molar-refractivity contribution is 7.80. The Hall–Kier alpha value is -1.60. The van der Waals surface area contributed by atoms with E-state index in [0.717, 1.165) is 11.3 Å². The predicted molar refractivity (Wildman–Crippen MR) is 58.0 cm³/mol. The highest BCUT2D eigenvalue weighted by atomic mass is 32.1. The molecule has 0 fully saturated rings. The van der Waals surface area contributed by atoms with Crippen LogP contribution in [0.4, 0.5) is 0 Å². The van der Waals surface area contributed by atoms with Gasteiger partial charge < -0.3 is 4.74 Å². The van der Waals surface area contributed by atoms with Crippen LogP contribution in [0.1, 0.15) is 5.56 Å². The van der Waals surface area contributed by atoms with Gasteiger partial charge in [0, 0.05) is 12.0 Å². The number of methoxy groups -OCH3 is 1. The fourth-order valence-electron chi connectivity index (χ4n) is 1.13. The van der Waals surface area contributed by atoms with E-state index >= 15 is 0 Å². The Morgan fingerprint density at radius 1 is 1.57 bits per heavy atom. The van der Waals surface area contributed by atoms with Gasteiger partial charge in [-0.25, -0.2) is 0 Å². The minimum absolute atomic E-state index is 0.497. The second-order valence-corrected chi connectivity index (χ2v) is 3.14. The van der Waals surface area contributed by atoms with Crippen molar-refractivity contribution >= 4 is 17.2 Å². The molecule has 0 bridgehead atoms. The molecule has 0 spiro atoms. The molecule has 0 saturated carbocycles. The summed E-state index contributed by atoms with van der Waals surface area (Å²) in [6, 6.07) is 7.59. The third kappa shape index (κ3) is 2.71. The smallest absolute Gasteiger partial charge is 0.181 e. The van der Waals surface area contributed by atoms with Gasteiger partial charge in [-0.15, -0.1) is 0 Å². The standard InChI is InChI=1S/C10H10N2OS/c1-13-9-5-3-2-4-8(9)6-10(14)12-7-11/h2-5H,6H2,1H3,(H,12,14). The summed E-state index contributed by atoms with van der Waals surface area (Å²) in [5.74, 6) is 0.787. The van der Waals surface area contributed by atoms with Gasteiger partial charge in [-0.3, -0.25) is 5.32 Å². The maximum atomic E-state index is 8.36.